The van der Waals surface area contributed by atoms with Crippen LogP contribution in [0.4, 0.5) is 0 Å². The molecule has 1 N–H and O–H groups in total. The minimum absolute atomic E-state index is 0.327. The van der Waals surface area contributed by atoms with Crippen molar-refractivity contribution in [2.24, 2.45) is 5.92 Å². The van der Waals surface area contributed by atoms with E-state index in [0.717, 1.165) is 17.7 Å². The molecule has 0 spiro atoms. The number of aromatic nitrogens is 2. The number of hydrogen-bond acceptors (Lipinski definition) is 4. The summed E-state index contributed by atoms with van der Waals surface area (Å²) in [6.07, 6.45) is 3.03. The summed E-state index contributed by atoms with van der Waals surface area (Å²) >= 11 is 0. The summed E-state index contributed by atoms with van der Waals surface area (Å²) in [6.45, 7) is 8.18. The number of carboxylic acid groups (broad SMARTS) is 1. The monoisotopic (exact) mass is 342 g/mol. The Morgan fingerprint density at radius 1 is 1.32 bits per heavy atom. The molecule has 0 amide bonds. The largest absolute Gasteiger partial charge is 0.489 e. The van der Waals surface area contributed by atoms with Gasteiger partial charge in [-0.05, 0) is 25.3 Å². The Kier molecular flexibility index (Phi) is 6.12. The average Bonchev–Trinajstić information content (AvgIpc) is 3.39. The molecule has 1 aliphatic rings. The molecule has 2 atom stereocenters. The molecule has 0 bridgehead atoms. The molecule has 1 saturated carbocycles. The van der Waals surface area contributed by atoms with Gasteiger partial charge in [-0.1, -0.05) is 51.1 Å². The maximum Gasteiger partial charge on any atom is 0.307 e. The summed E-state index contributed by atoms with van der Waals surface area (Å²) in [7, 11) is 0. The summed E-state index contributed by atoms with van der Waals surface area (Å²) < 4.78 is 5.96. The molecule has 0 radical (unpaired) electrons. The van der Waals surface area contributed by atoms with Gasteiger partial charge in [0.15, 0.2) is 5.75 Å². The van der Waals surface area contributed by atoms with Gasteiger partial charge in [0.25, 0.3) is 0 Å². The minimum Gasteiger partial charge on any atom is -0.489 e. The topological polar surface area (TPSA) is 72.3 Å². The molecule has 1 aromatic heterocycles. The van der Waals surface area contributed by atoms with E-state index in [4.69, 9.17) is 4.74 Å². The first kappa shape index (κ1) is 18.9. The fourth-order valence-electron chi connectivity index (χ4n) is 3.05. The highest BCUT2D eigenvalue weighted by Gasteiger charge is 2.60. The van der Waals surface area contributed by atoms with Gasteiger partial charge in [-0.25, -0.2) is 9.97 Å². The Bertz CT molecular complexity index is 718. The number of aliphatic carboxylic acids is 1. The second-order valence-corrected chi connectivity index (χ2v) is 5.99. The zero-order valence-corrected chi connectivity index (χ0v) is 15.3. The van der Waals surface area contributed by atoms with Gasteiger partial charge in [-0.15, -0.1) is 0 Å². The highest BCUT2D eigenvalue weighted by Crippen LogP contribution is 2.54. The fraction of sp³-hybridized carbons (Fsp3) is 0.450. The van der Waals surface area contributed by atoms with Crippen LogP contribution in [-0.4, -0.2) is 27.7 Å². The van der Waals surface area contributed by atoms with Crippen molar-refractivity contribution in [2.45, 2.75) is 46.0 Å². The lowest BCUT2D eigenvalue weighted by molar-refractivity contribution is -0.139. The predicted octanol–water partition coefficient (Wildman–Crippen LogP) is 3.79. The van der Waals surface area contributed by atoms with E-state index < -0.39 is 17.3 Å². The highest BCUT2D eigenvalue weighted by molar-refractivity contribution is 5.77. The standard InChI is InChI=1S/C18H20N2O3.C2H6/c1-3-15-16(10-19-12(2)20-15)23-11-18(9-14(18)17(21)22)13-7-5-4-6-8-13;1-2/h4-8,10,14H,3,9,11H2,1-2H3,(H,21,22);1-2H3/t14?,18-;/m1./s1. The van der Waals surface area contributed by atoms with Crippen molar-refractivity contribution in [1.82, 2.24) is 9.97 Å². The smallest absolute Gasteiger partial charge is 0.307 e. The molecule has 5 heteroatoms. The Labute approximate surface area is 149 Å². The second-order valence-electron chi connectivity index (χ2n) is 5.99. The Balaban J connectivity index is 0.00000109. The van der Waals surface area contributed by atoms with E-state index in [1.165, 1.54) is 0 Å². The Morgan fingerprint density at radius 3 is 2.56 bits per heavy atom. The fourth-order valence-corrected chi connectivity index (χ4v) is 3.05. The summed E-state index contributed by atoms with van der Waals surface area (Å²) in [4.78, 5) is 20.0. The zero-order valence-electron chi connectivity index (χ0n) is 15.3. The average molecular weight is 342 g/mol. The lowest BCUT2D eigenvalue weighted by Crippen LogP contribution is -2.24. The van der Waals surface area contributed by atoms with Crippen LogP contribution in [0.15, 0.2) is 36.5 Å². The van der Waals surface area contributed by atoms with Crippen LogP contribution in [0.3, 0.4) is 0 Å². The summed E-state index contributed by atoms with van der Waals surface area (Å²) in [6, 6.07) is 9.73. The van der Waals surface area contributed by atoms with Gasteiger partial charge < -0.3 is 9.84 Å². The molecule has 25 heavy (non-hydrogen) atoms. The molecule has 1 unspecified atom stereocenters. The van der Waals surface area contributed by atoms with E-state index in [1.807, 2.05) is 58.0 Å². The van der Waals surface area contributed by atoms with Crippen LogP contribution >= 0.6 is 0 Å². The van der Waals surface area contributed by atoms with E-state index in [2.05, 4.69) is 9.97 Å². The van der Waals surface area contributed by atoms with Crippen molar-refractivity contribution in [3.63, 3.8) is 0 Å². The molecule has 0 saturated heterocycles. The van der Waals surface area contributed by atoms with Gasteiger partial charge in [0, 0.05) is 5.41 Å². The molecule has 5 nitrogen and oxygen atoms in total. The number of carbonyl (C=O) groups is 1. The van der Waals surface area contributed by atoms with Crippen LogP contribution in [-0.2, 0) is 16.6 Å². The molecule has 2 aromatic rings. The summed E-state index contributed by atoms with van der Waals surface area (Å²) in [5.74, 6) is 0.181. The Morgan fingerprint density at radius 2 is 2.00 bits per heavy atom. The van der Waals surface area contributed by atoms with Crippen molar-refractivity contribution in [2.75, 3.05) is 6.61 Å². The van der Waals surface area contributed by atoms with Gasteiger partial charge in [-0.2, -0.15) is 0 Å². The second kappa shape index (κ2) is 8.10. The van der Waals surface area contributed by atoms with Crippen molar-refractivity contribution in [3.8, 4) is 5.75 Å². The third kappa shape index (κ3) is 3.98. The third-order valence-corrected chi connectivity index (χ3v) is 4.49. The molecule has 1 fully saturated rings. The van der Waals surface area contributed by atoms with E-state index in [1.54, 1.807) is 6.20 Å². The number of benzene rings is 1. The van der Waals surface area contributed by atoms with Gasteiger partial charge >= 0.3 is 5.97 Å². The molecular weight excluding hydrogens is 316 g/mol. The normalized spacial score (nSPS) is 21.0. The molecule has 1 heterocycles. The first-order valence-corrected chi connectivity index (χ1v) is 8.80. The van der Waals surface area contributed by atoms with Gasteiger partial charge in [-0.3, -0.25) is 4.79 Å². The lowest BCUT2D eigenvalue weighted by atomic mass is 9.94. The number of carboxylic acids is 1. The van der Waals surface area contributed by atoms with Crippen LogP contribution < -0.4 is 4.74 Å². The highest BCUT2D eigenvalue weighted by atomic mass is 16.5. The van der Waals surface area contributed by atoms with Crippen molar-refractivity contribution < 1.29 is 14.6 Å². The summed E-state index contributed by atoms with van der Waals surface area (Å²) in [5, 5.41) is 9.40. The summed E-state index contributed by atoms with van der Waals surface area (Å²) in [5.41, 5.74) is 1.41. The number of aryl methyl sites for hydroxylation is 2. The molecular formula is C20H26N2O3. The molecule has 134 valence electrons. The van der Waals surface area contributed by atoms with Gasteiger partial charge in [0.2, 0.25) is 0 Å². The van der Waals surface area contributed by atoms with Crippen LogP contribution in [0.2, 0.25) is 0 Å². The van der Waals surface area contributed by atoms with Crippen molar-refractivity contribution in [3.05, 3.63) is 53.6 Å². The first-order valence-electron chi connectivity index (χ1n) is 8.80. The molecule has 1 aliphatic carbocycles. The van der Waals surface area contributed by atoms with Crippen molar-refractivity contribution >= 4 is 5.97 Å². The minimum atomic E-state index is -0.770. The maximum atomic E-state index is 11.4. The first-order chi connectivity index (χ1) is 12.1. The van der Waals surface area contributed by atoms with Crippen LogP contribution in [0.5, 0.6) is 5.75 Å². The number of rotatable bonds is 6. The zero-order chi connectivity index (χ0) is 18.4. The number of nitrogens with zero attached hydrogens (tertiary/aromatic N) is 2. The lowest BCUT2D eigenvalue weighted by Gasteiger charge is -2.19. The predicted molar refractivity (Wildman–Crippen MR) is 96.9 cm³/mol. The van der Waals surface area contributed by atoms with Gasteiger partial charge in [0.05, 0.1) is 24.4 Å². The van der Waals surface area contributed by atoms with E-state index in [9.17, 15) is 9.90 Å². The van der Waals surface area contributed by atoms with Crippen LogP contribution in [0.1, 0.15) is 44.3 Å². The van der Waals surface area contributed by atoms with E-state index in [-0.39, 0.29) is 0 Å². The molecule has 3 rings (SSSR count). The quantitative estimate of drug-likeness (QED) is 0.864. The Hall–Kier alpha value is -2.43. The van der Waals surface area contributed by atoms with Crippen LogP contribution in [0.25, 0.3) is 0 Å². The van der Waals surface area contributed by atoms with E-state index >= 15 is 0 Å². The molecule has 1 aromatic carbocycles. The van der Waals surface area contributed by atoms with Crippen molar-refractivity contribution in [1.29, 1.82) is 0 Å². The number of hydrogen-bond donors (Lipinski definition) is 1. The maximum absolute atomic E-state index is 11.4. The third-order valence-electron chi connectivity index (χ3n) is 4.49. The SMILES string of the molecule is CC.CCc1nc(C)ncc1OC[C@@]1(c2ccccc2)CC1C(=O)O. The molecule has 0 aliphatic heterocycles. The van der Waals surface area contributed by atoms with Gasteiger partial charge in [0.1, 0.15) is 5.82 Å². The van der Waals surface area contributed by atoms with Crippen LogP contribution in [0, 0.1) is 12.8 Å². The van der Waals surface area contributed by atoms with E-state index in [0.29, 0.717) is 24.6 Å². The number of ether oxygens (including phenoxy) is 1.